The number of rotatable bonds is 2. The summed E-state index contributed by atoms with van der Waals surface area (Å²) >= 11 is -2.37. The van der Waals surface area contributed by atoms with E-state index in [0.717, 1.165) is 0 Å². The Morgan fingerprint density at radius 1 is 1.83 bits per heavy atom. The summed E-state index contributed by atoms with van der Waals surface area (Å²) in [5.74, 6) is 0. The third kappa shape index (κ3) is 3.88. The Balaban J connectivity index is 3.05. The summed E-state index contributed by atoms with van der Waals surface area (Å²) in [5.41, 5.74) is 0. The van der Waals surface area contributed by atoms with Crippen LogP contribution in [0.2, 0.25) is 0 Å². The van der Waals surface area contributed by atoms with Gasteiger partial charge in [-0.25, -0.2) is 0 Å². The topological polar surface area (TPSA) is 69.4 Å². The molecule has 34 valence electrons. The summed E-state index contributed by atoms with van der Waals surface area (Å²) < 4.78 is 12.6. The van der Waals surface area contributed by atoms with Crippen LogP contribution >= 0.6 is 0 Å². The van der Waals surface area contributed by atoms with E-state index in [1.54, 1.807) is 0 Å². The van der Waals surface area contributed by atoms with E-state index in [4.69, 9.17) is 10.1 Å². The van der Waals surface area contributed by atoms with Crippen molar-refractivity contribution < 1.29 is 10.8 Å². The molecular formula is BiNO4. The van der Waals surface area contributed by atoms with Crippen LogP contribution in [-0.4, -0.2) is 28.8 Å². The van der Waals surface area contributed by atoms with Crippen LogP contribution in [0.4, 0.5) is 0 Å². The second kappa shape index (κ2) is 3.09. The van der Waals surface area contributed by atoms with Gasteiger partial charge in [-0.3, -0.25) is 0 Å². The van der Waals surface area contributed by atoms with Gasteiger partial charge in [0.15, 0.2) is 0 Å². The fourth-order valence-electron chi connectivity index (χ4n) is 0.0272. The normalized spacial score (nSPS) is 6.67. The Kier molecular flexibility index (Phi) is 3.03. The molecule has 0 aliphatic carbocycles. The van der Waals surface area contributed by atoms with Gasteiger partial charge in [-0.15, -0.1) is 0 Å². The van der Waals surface area contributed by atoms with Gasteiger partial charge >= 0.3 is 44.6 Å². The molecule has 0 bridgehead atoms. The van der Waals surface area contributed by atoms with E-state index in [2.05, 4.69) is 2.91 Å². The third-order valence-electron chi connectivity index (χ3n) is 0.100. The summed E-state index contributed by atoms with van der Waals surface area (Å²) in [6, 6.07) is 0. The van der Waals surface area contributed by atoms with E-state index in [9.17, 15) is 2.81 Å². The predicted molar refractivity (Wildman–Crippen MR) is 14.5 cm³/mol. The molecule has 0 aromatic heterocycles. The zero-order valence-electron chi connectivity index (χ0n) is 2.53. The van der Waals surface area contributed by atoms with Gasteiger partial charge in [0.1, 0.15) is 0 Å². The van der Waals surface area contributed by atoms with Gasteiger partial charge in [0, 0.05) is 0 Å². The van der Waals surface area contributed by atoms with Crippen molar-refractivity contribution in [1.29, 1.82) is 0 Å². The van der Waals surface area contributed by atoms with Gasteiger partial charge in [-0.05, 0) is 0 Å². The second-order valence-electron chi connectivity index (χ2n) is 0.380. The molecule has 0 saturated carbocycles. The number of nitrogens with zero attached hydrogens (tertiary/aromatic N) is 1. The molecule has 0 heterocycles. The van der Waals surface area contributed by atoms with Crippen LogP contribution in [0.1, 0.15) is 0 Å². The van der Waals surface area contributed by atoms with Gasteiger partial charge in [0.05, 0.1) is 0 Å². The first kappa shape index (κ1) is 5.88. The number of hydrogen-bond acceptors (Lipinski definition) is 4. The van der Waals surface area contributed by atoms with E-state index in [0.29, 0.717) is 0 Å². The Labute approximate surface area is 45.0 Å². The monoisotopic (exact) mass is 287 g/mol. The zero-order valence-corrected chi connectivity index (χ0v) is 6.00. The maximum atomic E-state index is 9.26. The first-order valence-corrected chi connectivity index (χ1v) is 3.75. The molecule has 0 atom stereocenters. The van der Waals surface area contributed by atoms with Crippen molar-refractivity contribution in [3.05, 3.63) is 10.1 Å². The van der Waals surface area contributed by atoms with Crippen molar-refractivity contribution >= 4 is 23.7 Å². The second-order valence-corrected chi connectivity index (χ2v) is 1.59. The average molecular weight is 287 g/mol. The number of hydrogen-bond donors (Lipinski definition) is 0. The quantitative estimate of drug-likeness (QED) is 0.377. The van der Waals surface area contributed by atoms with Crippen LogP contribution in [0.3, 0.4) is 0 Å². The van der Waals surface area contributed by atoms with E-state index in [-0.39, 0.29) is 0 Å². The van der Waals surface area contributed by atoms with Crippen molar-refractivity contribution in [3.63, 3.8) is 0 Å². The molecule has 0 spiro atoms. The van der Waals surface area contributed by atoms with Gasteiger partial charge in [0.2, 0.25) is 0 Å². The van der Waals surface area contributed by atoms with Crippen LogP contribution in [0, 0.1) is 10.1 Å². The SMILES string of the molecule is [O]=[Bi][O][N+](=O)[O-]. The fourth-order valence-corrected chi connectivity index (χ4v) is 0.239. The van der Waals surface area contributed by atoms with Gasteiger partial charge < -0.3 is 0 Å². The summed E-state index contributed by atoms with van der Waals surface area (Å²) in [6.07, 6.45) is 0. The molecule has 0 aliphatic heterocycles. The molecular weight excluding hydrogens is 287 g/mol. The van der Waals surface area contributed by atoms with E-state index in [1.165, 1.54) is 0 Å². The third-order valence-corrected chi connectivity index (χ3v) is 0.877. The summed E-state index contributed by atoms with van der Waals surface area (Å²) in [5, 5.41) is 7.98. The molecule has 0 amide bonds. The molecule has 5 nitrogen and oxygen atoms in total. The average Bonchev–Trinajstić information content (AvgIpc) is 1.35. The van der Waals surface area contributed by atoms with Crippen molar-refractivity contribution in [1.82, 2.24) is 0 Å². The molecule has 0 aromatic carbocycles. The van der Waals surface area contributed by atoms with E-state index >= 15 is 0 Å². The Bertz CT molecular complexity index is 67.9. The first-order chi connectivity index (χ1) is 2.77. The van der Waals surface area contributed by atoms with Crippen LogP contribution in [0.5, 0.6) is 0 Å². The molecule has 0 saturated heterocycles. The van der Waals surface area contributed by atoms with Crippen LogP contribution in [-0.2, 0) is 5.73 Å². The standard InChI is InChI=1S/Bi.NO3.O/c;2-1(3)4;/q+1;-1;. The molecule has 0 fully saturated rings. The van der Waals surface area contributed by atoms with Gasteiger partial charge in [-0.1, -0.05) is 0 Å². The van der Waals surface area contributed by atoms with Gasteiger partial charge in [0.25, 0.3) is 0 Å². The van der Waals surface area contributed by atoms with Crippen LogP contribution in [0.25, 0.3) is 0 Å². The van der Waals surface area contributed by atoms with Crippen molar-refractivity contribution in [2.45, 2.75) is 0 Å². The Morgan fingerprint density at radius 3 is 2.33 bits per heavy atom. The zero-order chi connectivity index (χ0) is 4.99. The molecule has 0 N–H and O–H groups in total. The molecule has 0 rings (SSSR count). The summed E-state index contributed by atoms with van der Waals surface area (Å²) in [7, 11) is 0. The van der Waals surface area contributed by atoms with Crippen LogP contribution in [0.15, 0.2) is 0 Å². The Hall–Kier alpha value is -0.117. The maximum absolute atomic E-state index is 9.26. The molecule has 0 radical (unpaired) electrons. The molecule has 0 aromatic rings. The first-order valence-electron chi connectivity index (χ1n) is 0.913. The van der Waals surface area contributed by atoms with Crippen LogP contribution < -0.4 is 0 Å². The van der Waals surface area contributed by atoms with Crippen molar-refractivity contribution in [2.75, 3.05) is 0 Å². The molecule has 0 aliphatic rings. The van der Waals surface area contributed by atoms with E-state index < -0.39 is 28.8 Å². The van der Waals surface area contributed by atoms with Crippen molar-refractivity contribution in [2.24, 2.45) is 0 Å². The van der Waals surface area contributed by atoms with Gasteiger partial charge in [-0.2, -0.15) is 0 Å². The molecule has 0 unspecified atom stereocenters. The fraction of sp³-hybridized carbons (Fsp3) is 0. The van der Waals surface area contributed by atoms with Crippen molar-refractivity contribution in [3.8, 4) is 0 Å². The summed E-state index contributed by atoms with van der Waals surface area (Å²) in [4.78, 5) is 9.03. The molecule has 6 heavy (non-hydrogen) atoms. The van der Waals surface area contributed by atoms with E-state index in [1.807, 2.05) is 0 Å². The molecule has 6 heteroatoms. The Morgan fingerprint density at radius 2 is 2.33 bits per heavy atom. The summed E-state index contributed by atoms with van der Waals surface area (Å²) in [6.45, 7) is 0. The minimum absolute atomic E-state index is 1.05. The predicted octanol–water partition coefficient (Wildman–Crippen LogP) is -0.841. The minimum atomic E-state index is -2.37.